The van der Waals surface area contributed by atoms with E-state index in [1.165, 1.54) is 19.3 Å². The van der Waals surface area contributed by atoms with Gasteiger partial charge in [0.15, 0.2) is 6.10 Å². The molecule has 6 heteroatoms. The molecule has 0 spiro atoms. The number of hydrogen-bond acceptors (Lipinski definition) is 6. The molecule has 0 aromatic rings. The quantitative estimate of drug-likeness (QED) is 0.0262. The molecule has 0 amide bonds. The molecule has 0 fully saturated rings. The average molecular weight is 949 g/mol. The lowest BCUT2D eigenvalue weighted by Gasteiger charge is -2.18. The molecule has 384 valence electrons. The van der Waals surface area contributed by atoms with E-state index in [-0.39, 0.29) is 50.4 Å². The Labute approximate surface area is 422 Å². The summed E-state index contributed by atoms with van der Waals surface area (Å²) in [6, 6.07) is 0. The van der Waals surface area contributed by atoms with Crippen LogP contribution in [0.3, 0.4) is 0 Å². The summed E-state index contributed by atoms with van der Waals surface area (Å²) in [4.78, 5) is 38.0. The van der Waals surface area contributed by atoms with Crippen molar-refractivity contribution < 1.29 is 28.6 Å². The van der Waals surface area contributed by atoms with Crippen molar-refractivity contribution in [3.8, 4) is 0 Å². The molecule has 0 aliphatic heterocycles. The standard InChI is InChI=1S/C63H96O6/c1-4-7-10-13-16-19-22-25-27-29-30-31-32-34-35-38-41-44-47-50-53-56-62(65)68-59-60(58-67-61(64)55-52-49-46-43-40-37-24-21-18-15-12-9-6-3)69-63(66)57-54-51-48-45-42-39-36-33-28-26-23-20-17-14-11-8-5-2/h7-12,16-21,25-28,30-31,34-35,37,40-41,44,46,49,60H,4-6,13-15,22-24,29,32-33,36,38-39,42-43,45,47-48,50-59H2,1-3H3/b10-7-,11-8-,12-9-,19-16-,20-17-,21-18-,27-25-,28-26-,31-30-,35-34-,40-37-,44-41-,49-46-. The molecule has 0 radical (unpaired) electrons. The van der Waals surface area contributed by atoms with Crippen LogP contribution in [0.15, 0.2) is 158 Å². The highest BCUT2D eigenvalue weighted by molar-refractivity contribution is 5.71. The van der Waals surface area contributed by atoms with Gasteiger partial charge in [0.2, 0.25) is 0 Å². The molecule has 69 heavy (non-hydrogen) atoms. The molecule has 0 bridgehead atoms. The lowest BCUT2D eigenvalue weighted by Crippen LogP contribution is -2.30. The smallest absolute Gasteiger partial charge is 0.306 e. The van der Waals surface area contributed by atoms with Crippen LogP contribution in [-0.2, 0) is 28.6 Å². The first-order valence-corrected chi connectivity index (χ1v) is 27.0. The normalized spacial score (nSPS) is 13.4. The van der Waals surface area contributed by atoms with Crippen molar-refractivity contribution in [2.75, 3.05) is 13.2 Å². The van der Waals surface area contributed by atoms with E-state index in [4.69, 9.17) is 14.2 Å². The van der Waals surface area contributed by atoms with Crippen LogP contribution < -0.4 is 0 Å². The van der Waals surface area contributed by atoms with Crippen molar-refractivity contribution in [1.29, 1.82) is 0 Å². The second-order valence-corrected chi connectivity index (χ2v) is 17.0. The van der Waals surface area contributed by atoms with Crippen LogP contribution in [0, 0.1) is 0 Å². The van der Waals surface area contributed by atoms with Gasteiger partial charge in [0, 0.05) is 19.3 Å². The Hall–Kier alpha value is -4.97. The second kappa shape index (κ2) is 55.6. The van der Waals surface area contributed by atoms with Gasteiger partial charge in [-0.05, 0) is 128 Å². The lowest BCUT2D eigenvalue weighted by atomic mass is 10.1. The minimum Gasteiger partial charge on any atom is -0.462 e. The van der Waals surface area contributed by atoms with Gasteiger partial charge in [0.05, 0.1) is 0 Å². The van der Waals surface area contributed by atoms with Gasteiger partial charge in [-0.1, -0.05) is 211 Å². The van der Waals surface area contributed by atoms with Gasteiger partial charge < -0.3 is 14.2 Å². The molecular weight excluding hydrogens is 853 g/mol. The fraction of sp³-hybridized carbons (Fsp3) is 0.540. The highest BCUT2D eigenvalue weighted by Gasteiger charge is 2.19. The molecular formula is C63H96O6. The van der Waals surface area contributed by atoms with Crippen LogP contribution in [0.5, 0.6) is 0 Å². The summed E-state index contributed by atoms with van der Waals surface area (Å²) in [5, 5.41) is 0. The van der Waals surface area contributed by atoms with Crippen LogP contribution in [-0.4, -0.2) is 37.2 Å². The van der Waals surface area contributed by atoms with Gasteiger partial charge in [0.1, 0.15) is 13.2 Å². The lowest BCUT2D eigenvalue weighted by molar-refractivity contribution is -0.166. The van der Waals surface area contributed by atoms with Crippen molar-refractivity contribution in [1.82, 2.24) is 0 Å². The Morgan fingerprint density at radius 3 is 0.928 bits per heavy atom. The summed E-state index contributed by atoms with van der Waals surface area (Å²) in [7, 11) is 0. The molecule has 1 atom stereocenters. The monoisotopic (exact) mass is 949 g/mol. The zero-order valence-electron chi connectivity index (χ0n) is 43.8. The number of ether oxygens (including phenoxy) is 3. The summed E-state index contributed by atoms with van der Waals surface area (Å²) in [5.74, 6) is -1.08. The first kappa shape index (κ1) is 64.0. The third kappa shape index (κ3) is 53.8. The van der Waals surface area contributed by atoms with Crippen LogP contribution in [0.25, 0.3) is 0 Å². The fourth-order valence-corrected chi connectivity index (χ4v) is 6.59. The Bertz CT molecular complexity index is 1610. The van der Waals surface area contributed by atoms with E-state index in [0.29, 0.717) is 12.8 Å². The van der Waals surface area contributed by atoms with Crippen LogP contribution >= 0.6 is 0 Å². The van der Waals surface area contributed by atoms with Crippen molar-refractivity contribution >= 4 is 17.9 Å². The van der Waals surface area contributed by atoms with Crippen molar-refractivity contribution in [3.63, 3.8) is 0 Å². The van der Waals surface area contributed by atoms with E-state index >= 15 is 0 Å². The van der Waals surface area contributed by atoms with Crippen molar-refractivity contribution in [2.24, 2.45) is 0 Å². The maximum Gasteiger partial charge on any atom is 0.306 e. The summed E-state index contributed by atoms with van der Waals surface area (Å²) >= 11 is 0. The predicted molar refractivity (Wildman–Crippen MR) is 297 cm³/mol. The Balaban J connectivity index is 4.57. The summed E-state index contributed by atoms with van der Waals surface area (Å²) in [5.41, 5.74) is 0. The number of allylic oxidation sites excluding steroid dienone is 26. The maximum absolute atomic E-state index is 12.8. The van der Waals surface area contributed by atoms with E-state index in [1.807, 2.05) is 12.2 Å². The molecule has 0 aliphatic rings. The molecule has 0 aromatic carbocycles. The van der Waals surface area contributed by atoms with Gasteiger partial charge in [0.25, 0.3) is 0 Å². The van der Waals surface area contributed by atoms with Crippen LogP contribution in [0.4, 0.5) is 0 Å². The number of unbranched alkanes of at least 4 members (excludes halogenated alkanes) is 9. The summed E-state index contributed by atoms with van der Waals surface area (Å²) in [6.07, 6.45) is 81.0. The Morgan fingerprint density at radius 2 is 0.551 bits per heavy atom. The number of hydrogen-bond donors (Lipinski definition) is 0. The Morgan fingerprint density at radius 1 is 0.290 bits per heavy atom. The third-order valence-electron chi connectivity index (χ3n) is 10.5. The number of carbonyl (C=O) groups excluding carboxylic acids is 3. The van der Waals surface area contributed by atoms with Gasteiger partial charge in [-0.2, -0.15) is 0 Å². The maximum atomic E-state index is 12.8. The molecule has 0 saturated heterocycles. The SMILES string of the molecule is CC/C=C\C/C=C\C/C=C\C/C=C\C/C=C\C/C=C\CCCCC(=O)OCC(COC(=O)CC/C=C\C/C=C\C/C=C\C/C=C\CC)OC(=O)CCCCCCCCC/C=C\C/C=C\C/C=C\CC. The second-order valence-electron chi connectivity index (χ2n) is 17.0. The largest absolute Gasteiger partial charge is 0.462 e. The fourth-order valence-electron chi connectivity index (χ4n) is 6.59. The number of carbonyl (C=O) groups is 3. The highest BCUT2D eigenvalue weighted by atomic mass is 16.6. The predicted octanol–water partition coefficient (Wildman–Crippen LogP) is 18.2. The zero-order chi connectivity index (χ0) is 50.0. The molecule has 0 rings (SSSR count). The molecule has 0 saturated carbocycles. The van der Waals surface area contributed by atoms with Gasteiger partial charge >= 0.3 is 17.9 Å². The average Bonchev–Trinajstić information content (AvgIpc) is 3.35. The van der Waals surface area contributed by atoms with Crippen molar-refractivity contribution in [2.45, 2.75) is 207 Å². The minimum atomic E-state index is -0.838. The van der Waals surface area contributed by atoms with E-state index in [9.17, 15) is 14.4 Å². The van der Waals surface area contributed by atoms with Crippen molar-refractivity contribution in [3.05, 3.63) is 158 Å². The minimum absolute atomic E-state index is 0.135. The topological polar surface area (TPSA) is 78.9 Å². The third-order valence-corrected chi connectivity index (χ3v) is 10.5. The van der Waals surface area contributed by atoms with Gasteiger partial charge in [-0.15, -0.1) is 0 Å². The molecule has 0 aliphatic carbocycles. The van der Waals surface area contributed by atoms with E-state index < -0.39 is 6.10 Å². The first-order chi connectivity index (χ1) is 34.0. The van der Waals surface area contributed by atoms with E-state index in [1.54, 1.807) is 0 Å². The van der Waals surface area contributed by atoms with Crippen LogP contribution in [0.2, 0.25) is 0 Å². The highest BCUT2D eigenvalue weighted by Crippen LogP contribution is 2.12. The van der Waals surface area contributed by atoms with Gasteiger partial charge in [-0.3, -0.25) is 14.4 Å². The Kier molecular flexibility index (Phi) is 51.6. The molecule has 1 unspecified atom stereocenters. The first-order valence-electron chi connectivity index (χ1n) is 27.0. The summed E-state index contributed by atoms with van der Waals surface area (Å²) in [6.45, 7) is 6.16. The van der Waals surface area contributed by atoms with Crippen LogP contribution in [0.1, 0.15) is 201 Å². The molecule has 0 aromatic heterocycles. The molecule has 6 nitrogen and oxygen atoms in total. The zero-order valence-corrected chi connectivity index (χ0v) is 43.8. The van der Waals surface area contributed by atoms with E-state index in [0.717, 1.165) is 128 Å². The van der Waals surface area contributed by atoms with Gasteiger partial charge in [-0.25, -0.2) is 0 Å². The molecule has 0 N–H and O–H groups in total. The number of rotatable bonds is 46. The molecule has 0 heterocycles. The summed E-state index contributed by atoms with van der Waals surface area (Å²) < 4.78 is 16.7. The van der Waals surface area contributed by atoms with E-state index in [2.05, 4.69) is 167 Å². The number of esters is 3.